The van der Waals surface area contributed by atoms with E-state index in [1.165, 1.54) is 36.9 Å². The number of rotatable bonds is 5. The van der Waals surface area contributed by atoms with Gasteiger partial charge in [0, 0.05) is 16.2 Å². The molecule has 0 heterocycles. The van der Waals surface area contributed by atoms with E-state index in [4.69, 9.17) is 5.11 Å². The lowest BCUT2D eigenvalue weighted by atomic mass is 10.1. The Morgan fingerprint density at radius 1 is 1.56 bits per heavy atom. The van der Waals surface area contributed by atoms with Crippen molar-refractivity contribution >= 4 is 17.5 Å². The van der Waals surface area contributed by atoms with Gasteiger partial charge in [0.1, 0.15) is 5.82 Å². The summed E-state index contributed by atoms with van der Waals surface area (Å²) in [6.45, 7) is 1.03. The van der Waals surface area contributed by atoms with Gasteiger partial charge in [-0.3, -0.25) is 4.79 Å². The highest BCUT2D eigenvalue weighted by molar-refractivity contribution is 7.99. The molecule has 0 aliphatic rings. The molecule has 1 aromatic rings. The first-order valence-electron chi connectivity index (χ1n) is 4.76. The molecule has 0 saturated carbocycles. The van der Waals surface area contributed by atoms with E-state index in [9.17, 15) is 14.3 Å². The summed E-state index contributed by atoms with van der Waals surface area (Å²) in [5.41, 5.74) is 0.301. The van der Waals surface area contributed by atoms with Crippen LogP contribution in [-0.2, 0) is 0 Å². The highest BCUT2D eigenvalue weighted by Gasteiger charge is 2.11. The Kier molecular flexibility index (Phi) is 4.92. The molecule has 2 N–H and O–H groups in total. The molecule has 0 aromatic heterocycles. The number of aliphatic hydroxyl groups excluding tert-OH is 2. The molecule has 1 aromatic carbocycles. The Morgan fingerprint density at radius 3 is 2.81 bits per heavy atom. The van der Waals surface area contributed by atoms with Gasteiger partial charge in [0.2, 0.25) is 0 Å². The summed E-state index contributed by atoms with van der Waals surface area (Å²) in [5, 5.41) is 17.8. The van der Waals surface area contributed by atoms with Crippen molar-refractivity contribution in [3.05, 3.63) is 29.6 Å². The van der Waals surface area contributed by atoms with Crippen LogP contribution in [0.4, 0.5) is 4.39 Å². The number of halogens is 1. The Balaban J connectivity index is 2.82. The Morgan fingerprint density at radius 2 is 2.25 bits per heavy atom. The maximum absolute atomic E-state index is 12.9. The second-order valence-corrected chi connectivity index (χ2v) is 4.41. The lowest BCUT2D eigenvalue weighted by Crippen LogP contribution is -2.14. The van der Waals surface area contributed by atoms with Crippen LogP contribution in [0, 0.1) is 5.82 Å². The smallest absolute Gasteiger partial charge is 0.161 e. The van der Waals surface area contributed by atoms with Crippen molar-refractivity contribution in [1.29, 1.82) is 0 Å². The van der Waals surface area contributed by atoms with Gasteiger partial charge in [0.15, 0.2) is 5.78 Å². The fourth-order valence-corrected chi connectivity index (χ4v) is 2.14. The van der Waals surface area contributed by atoms with Crippen LogP contribution in [0.5, 0.6) is 0 Å². The average Bonchev–Trinajstić information content (AvgIpc) is 2.26. The summed E-state index contributed by atoms with van der Waals surface area (Å²) in [7, 11) is 0. The van der Waals surface area contributed by atoms with Crippen molar-refractivity contribution in [3.63, 3.8) is 0 Å². The molecule has 0 amide bonds. The molecule has 3 nitrogen and oxygen atoms in total. The zero-order valence-electron chi connectivity index (χ0n) is 8.81. The molecule has 0 saturated heterocycles. The monoisotopic (exact) mass is 244 g/mol. The van der Waals surface area contributed by atoms with Gasteiger partial charge in [-0.05, 0) is 25.1 Å². The van der Waals surface area contributed by atoms with Crippen molar-refractivity contribution in [2.75, 3.05) is 12.4 Å². The molecule has 1 rings (SSSR count). The third-order valence-electron chi connectivity index (χ3n) is 1.96. The molecule has 0 fully saturated rings. The number of aliphatic hydroxyl groups is 2. The first-order valence-corrected chi connectivity index (χ1v) is 5.75. The van der Waals surface area contributed by atoms with Crippen LogP contribution >= 0.6 is 11.8 Å². The number of carbonyl (C=O) groups excluding carboxylic acids is 1. The molecule has 88 valence electrons. The molecular weight excluding hydrogens is 231 g/mol. The molecule has 0 bridgehead atoms. The molecule has 5 heteroatoms. The summed E-state index contributed by atoms with van der Waals surface area (Å²) < 4.78 is 12.9. The molecule has 1 unspecified atom stereocenters. The summed E-state index contributed by atoms with van der Waals surface area (Å²) in [5.74, 6) is -0.416. The third kappa shape index (κ3) is 3.59. The fraction of sp³-hybridized carbons (Fsp3) is 0.364. The van der Waals surface area contributed by atoms with Gasteiger partial charge >= 0.3 is 0 Å². The van der Waals surface area contributed by atoms with E-state index in [0.29, 0.717) is 10.5 Å². The lowest BCUT2D eigenvalue weighted by Gasteiger charge is -2.09. The van der Waals surface area contributed by atoms with Crippen molar-refractivity contribution in [1.82, 2.24) is 0 Å². The van der Waals surface area contributed by atoms with Gasteiger partial charge in [-0.2, -0.15) is 0 Å². The number of benzene rings is 1. The number of Topliss-reactive ketones (excluding diaryl/α,β-unsaturated/α-hetero) is 1. The molecular formula is C11H13FO3S. The van der Waals surface area contributed by atoms with Crippen LogP contribution in [0.25, 0.3) is 0 Å². The highest BCUT2D eigenvalue weighted by Crippen LogP contribution is 2.24. The topological polar surface area (TPSA) is 57.5 Å². The van der Waals surface area contributed by atoms with E-state index in [2.05, 4.69) is 0 Å². The van der Waals surface area contributed by atoms with Gasteiger partial charge in [-0.25, -0.2) is 4.39 Å². The molecule has 16 heavy (non-hydrogen) atoms. The second-order valence-electron chi connectivity index (χ2n) is 3.34. The van der Waals surface area contributed by atoms with Crippen molar-refractivity contribution in [2.45, 2.75) is 17.9 Å². The van der Waals surface area contributed by atoms with Crippen LogP contribution in [0.15, 0.2) is 23.1 Å². The Hall–Kier alpha value is -0.910. The predicted octanol–water partition coefficient (Wildman–Crippen LogP) is 1.47. The number of thioether (sulfide) groups is 1. The summed E-state index contributed by atoms with van der Waals surface area (Å²) in [6, 6.07) is 3.94. The minimum Gasteiger partial charge on any atom is -0.394 e. The number of carbonyl (C=O) groups is 1. The van der Waals surface area contributed by atoms with E-state index in [1.54, 1.807) is 0 Å². The SMILES string of the molecule is CC(=O)c1cc(F)ccc1SCC(O)CO. The fourth-order valence-electron chi connectivity index (χ4n) is 1.14. The van der Waals surface area contributed by atoms with Gasteiger partial charge in [-0.1, -0.05) is 0 Å². The van der Waals surface area contributed by atoms with Crippen LogP contribution < -0.4 is 0 Å². The Bertz CT molecular complexity index is 381. The lowest BCUT2D eigenvalue weighted by molar-refractivity contribution is 0.101. The van der Waals surface area contributed by atoms with Crippen molar-refractivity contribution < 1.29 is 19.4 Å². The van der Waals surface area contributed by atoms with Crippen molar-refractivity contribution in [2.24, 2.45) is 0 Å². The van der Waals surface area contributed by atoms with E-state index in [1.807, 2.05) is 0 Å². The zero-order chi connectivity index (χ0) is 12.1. The minimum absolute atomic E-state index is 0.222. The quantitative estimate of drug-likeness (QED) is 0.608. The van der Waals surface area contributed by atoms with Crippen LogP contribution in [0.3, 0.4) is 0 Å². The summed E-state index contributed by atoms with van der Waals surface area (Å²) >= 11 is 1.22. The van der Waals surface area contributed by atoms with E-state index in [-0.39, 0.29) is 18.1 Å². The molecule has 0 aliphatic carbocycles. The number of hydrogen-bond acceptors (Lipinski definition) is 4. The molecule has 0 spiro atoms. The number of hydrogen-bond donors (Lipinski definition) is 2. The minimum atomic E-state index is -0.838. The largest absolute Gasteiger partial charge is 0.394 e. The molecule has 1 atom stereocenters. The summed E-state index contributed by atoms with van der Waals surface area (Å²) in [4.78, 5) is 11.9. The van der Waals surface area contributed by atoms with E-state index >= 15 is 0 Å². The van der Waals surface area contributed by atoms with Crippen molar-refractivity contribution in [3.8, 4) is 0 Å². The maximum atomic E-state index is 12.9. The maximum Gasteiger partial charge on any atom is 0.161 e. The van der Waals surface area contributed by atoms with Gasteiger partial charge in [-0.15, -0.1) is 11.8 Å². The zero-order valence-corrected chi connectivity index (χ0v) is 9.63. The van der Waals surface area contributed by atoms with Crippen LogP contribution in [0.1, 0.15) is 17.3 Å². The summed E-state index contributed by atoms with van der Waals surface area (Å²) in [6.07, 6.45) is -0.838. The van der Waals surface area contributed by atoms with E-state index in [0.717, 1.165) is 0 Å². The van der Waals surface area contributed by atoms with Gasteiger partial charge in [0.25, 0.3) is 0 Å². The van der Waals surface area contributed by atoms with Gasteiger partial charge in [0.05, 0.1) is 12.7 Å². The second kappa shape index (κ2) is 5.98. The van der Waals surface area contributed by atoms with Gasteiger partial charge < -0.3 is 10.2 Å². The first-order chi connectivity index (χ1) is 7.54. The standard InChI is InChI=1S/C11H13FO3S/c1-7(14)10-4-8(12)2-3-11(10)16-6-9(15)5-13/h2-4,9,13,15H,5-6H2,1H3. The Labute approximate surface area is 97.3 Å². The normalized spacial score (nSPS) is 12.5. The van der Waals surface area contributed by atoms with E-state index < -0.39 is 11.9 Å². The molecule has 0 aliphatic heterocycles. The predicted molar refractivity (Wildman–Crippen MR) is 60.2 cm³/mol. The average molecular weight is 244 g/mol. The van der Waals surface area contributed by atoms with Crippen LogP contribution in [0.2, 0.25) is 0 Å². The molecule has 0 radical (unpaired) electrons. The van der Waals surface area contributed by atoms with Crippen LogP contribution in [-0.4, -0.2) is 34.5 Å². The number of ketones is 1. The first kappa shape index (κ1) is 13.2. The third-order valence-corrected chi connectivity index (χ3v) is 3.18. The highest BCUT2D eigenvalue weighted by atomic mass is 32.2.